The van der Waals surface area contributed by atoms with Crippen LogP contribution < -0.4 is 5.32 Å². The Morgan fingerprint density at radius 1 is 0.962 bits per heavy atom. The second-order valence-corrected chi connectivity index (χ2v) is 8.23. The molecular weight excluding hydrogens is 348 g/mol. The van der Waals surface area contributed by atoms with Crippen molar-refractivity contribution in [1.29, 1.82) is 0 Å². The summed E-state index contributed by atoms with van der Waals surface area (Å²) in [4.78, 5) is 12.4. The van der Waals surface area contributed by atoms with E-state index in [2.05, 4.69) is 5.32 Å². The van der Waals surface area contributed by atoms with Gasteiger partial charge >= 0.3 is 0 Å². The first-order valence-electron chi connectivity index (χ1n) is 8.18. The maximum absolute atomic E-state index is 12.6. The molecule has 1 amide bonds. The van der Waals surface area contributed by atoms with Gasteiger partial charge in [0.25, 0.3) is 0 Å². The summed E-state index contributed by atoms with van der Waals surface area (Å²) in [5.41, 5.74) is 1.61. The van der Waals surface area contributed by atoms with Crippen LogP contribution in [-0.4, -0.2) is 32.2 Å². The normalized spacial score (nSPS) is 11.7. The Kier molecular flexibility index (Phi) is 5.06. The van der Waals surface area contributed by atoms with Crippen molar-refractivity contribution in [3.63, 3.8) is 0 Å². The van der Waals surface area contributed by atoms with Crippen molar-refractivity contribution >= 4 is 32.4 Å². The van der Waals surface area contributed by atoms with Crippen molar-refractivity contribution in [3.8, 4) is 0 Å². The largest absolute Gasteiger partial charge is 0.325 e. The summed E-state index contributed by atoms with van der Waals surface area (Å²) in [7, 11) is -2.31. The Morgan fingerprint density at radius 2 is 1.62 bits per heavy atom. The van der Waals surface area contributed by atoms with E-state index in [9.17, 15) is 13.2 Å². The monoisotopic (exact) mass is 368 g/mol. The number of likely N-dealkylation sites (N-methyl/N-ethyl adjacent to an activating group) is 1. The molecule has 3 rings (SSSR count). The second-order valence-electron chi connectivity index (χ2n) is 6.18. The minimum atomic E-state index is -3.71. The summed E-state index contributed by atoms with van der Waals surface area (Å²) >= 11 is 0. The fraction of sp³-hybridized carbons (Fsp3) is 0.150. The summed E-state index contributed by atoms with van der Waals surface area (Å²) in [5, 5.41) is 4.83. The number of hydrogen-bond acceptors (Lipinski definition) is 3. The summed E-state index contributed by atoms with van der Waals surface area (Å²) in [6.07, 6.45) is 0. The zero-order chi connectivity index (χ0) is 18.7. The minimum absolute atomic E-state index is 0.170. The lowest BCUT2D eigenvalue weighted by Gasteiger charge is -2.17. The quantitative estimate of drug-likeness (QED) is 0.750. The number of hydrogen-bond donors (Lipinski definition) is 1. The molecule has 3 aromatic carbocycles. The number of aryl methyl sites for hydroxylation is 1. The maximum Gasteiger partial charge on any atom is 0.243 e. The van der Waals surface area contributed by atoms with Gasteiger partial charge in [0.1, 0.15) is 0 Å². The third kappa shape index (κ3) is 3.92. The highest BCUT2D eigenvalue weighted by Gasteiger charge is 2.22. The molecule has 6 heteroatoms. The molecule has 0 atom stereocenters. The Morgan fingerprint density at radius 3 is 2.31 bits per heavy atom. The van der Waals surface area contributed by atoms with E-state index in [0.29, 0.717) is 5.69 Å². The number of fused-ring (bicyclic) bond motifs is 1. The third-order valence-corrected chi connectivity index (χ3v) is 5.95. The van der Waals surface area contributed by atoms with Crippen LogP contribution in [0.2, 0.25) is 0 Å². The average molecular weight is 368 g/mol. The lowest BCUT2D eigenvalue weighted by Crippen LogP contribution is -2.34. The van der Waals surface area contributed by atoms with E-state index in [1.165, 1.54) is 7.05 Å². The molecule has 0 aliphatic heterocycles. The lowest BCUT2D eigenvalue weighted by atomic mass is 10.1. The maximum atomic E-state index is 12.6. The van der Waals surface area contributed by atoms with Crippen LogP contribution in [0.1, 0.15) is 5.56 Å². The second kappa shape index (κ2) is 7.27. The first-order valence-corrected chi connectivity index (χ1v) is 9.62. The molecule has 134 valence electrons. The Balaban J connectivity index is 1.71. The van der Waals surface area contributed by atoms with Crippen molar-refractivity contribution in [2.45, 2.75) is 11.8 Å². The van der Waals surface area contributed by atoms with E-state index in [1.807, 2.05) is 43.3 Å². The van der Waals surface area contributed by atoms with Crippen molar-refractivity contribution in [2.75, 3.05) is 18.9 Å². The van der Waals surface area contributed by atoms with Gasteiger partial charge in [-0.1, -0.05) is 48.0 Å². The molecule has 0 saturated carbocycles. The van der Waals surface area contributed by atoms with Crippen molar-refractivity contribution in [1.82, 2.24) is 4.31 Å². The molecule has 0 spiro atoms. The SMILES string of the molecule is Cc1ccc(S(=O)(=O)N(C)CC(=O)Nc2ccc3ccccc3c2)cc1. The molecule has 5 nitrogen and oxygen atoms in total. The highest BCUT2D eigenvalue weighted by atomic mass is 32.2. The Labute approximate surface area is 153 Å². The van der Waals surface area contributed by atoms with E-state index in [4.69, 9.17) is 0 Å². The van der Waals surface area contributed by atoms with Gasteiger partial charge in [0, 0.05) is 12.7 Å². The van der Waals surface area contributed by atoms with Crippen LogP contribution in [0.25, 0.3) is 10.8 Å². The molecule has 0 heterocycles. The number of carbonyl (C=O) groups is 1. The summed E-state index contributed by atoms with van der Waals surface area (Å²) in [6.45, 7) is 1.63. The van der Waals surface area contributed by atoms with Crippen LogP contribution in [0.15, 0.2) is 71.6 Å². The molecule has 0 saturated heterocycles. The number of sulfonamides is 1. The van der Waals surface area contributed by atoms with Gasteiger partial charge in [-0.05, 0) is 42.0 Å². The third-order valence-electron chi connectivity index (χ3n) is 4.13. The highest BCUT2D eigenvalue weighted by molar-refractivity contribution is 7.89. The van der Waals surface area contributed by atoms with Crippen molar-refractivity contribution in [2.24, 2.45) is 0 Å². The van der Waals surface area contributed by atoms with E-state index in [1.54, 1.807) is 30.3 Å². The molecule has 0 bridgehead atoms. The predicted octanol–water partition coefficient (Wildman–Crippen LogP) is 3.41. The Bertz CT molecular complexity index is 1040. The van der Waals surface area contributed by atoms with Crippen LogP contribution in [-0.2, 0) is 14.8 Å². The summed E-state index contributed by atoms with van der Waals surface area (Å²) in [6, 6.07) is 20.0. The van der Waals surface area contributed by atoms with Crippen LogP contribution in [0.3, 0.4) is 0 Å². The number of amides is 1. The van der Waals surface area contributed by atoms with Crippen molar-refractivity contribution in [3.05, 3.63) is 72.3 Å². The van der Waals surface area contributed by atoms with E-state index in [0.717, 1.165) is 20.6 Å². The van der Waals surface area contributed by atoms with Gasteiger partial charge in [0.05, 0.1) is 11.4 Å². The molecule has 0 radical (unpaired) electrons. The molecule has 0 aliphatic carbocycles. The molecule has 0 aromatic heterocycles. The Hall–Kier alpha value is -2.70. The standard InChI is InChI=1S/C20H20N2O3S/c1-15-7-11-19(12-8-15)26(24,25)22(2)14-20(23)21-18-10-9-16-5-3-4-6-17(16)13-18/h3-13H,14H2,1-2H3,(H,21,23). The fourth-order valence-corrected chi connectivity index (χ4v) is 3.77. The zero-order valence-electron chi connectivity index (χ0n) is 14.6. The molecule has 3 aromatic rings. The van der Waals surface area contributed by atoms with Gasteiger partial charge in [-0.3, -0.25) is 4.79 Å². The van der Waals surface area contributed by atoms with Gasteiger partial charge < -0.3 is 5.32 Å². The summed E-state index contributed by atoms with van der Waals surface area (Å²) in [5.74, 6) is -0.390. The van der Waals surface area contributed by atoms with E-state index >= 15 is 0 Å². The molecule has 26 heavy (non-hydrogen) atoms. The number of rotatable bonds is 5. The van der Waals surface area contributed by atoms with E-state index in [-0.39, 0.29) is 11.4 Å². The van der Waals surface area contributed by atoms with Gasteiger partial charge in [-0.2, -0.15) is 4.31 Å². The number of nitrogens with one attached hydrogen (secondary N) is 1. The highest BCUT2D eigenvalue weighted by Crippen LogP contribution is 2.19. The first kappa shape index (κ1) is 18.1. The van der Waals surface area contributed by atoms with Gasteiger partial charge in [0.15, 0.2) is 0 Å². The van der Waals surface area contributed by atoms with E-state index < -0.39 is 15.9 Å². The van der Waals surface area contributed by atoms with Crippen LogP contribution in [0.4, 0.5) is 5.69 Å². The fourth-order valence-electron chi connectivity index (χ4n) is 2.64. The molecule has 1 N–H and O–H groups in total. The van der Waals surface area contributed by atoms with Gasteiger partial charge in [0.2, 0.25) is 15.9 Å². The number of nitrogens with zero attached hydrogens (tertiary/aromatic N) is 1. The average Bonchev–Trinajstić information content (AvgIpc) is 2.61. The van der Waals surface area contributed by atoms with Crippen LogP contribution in [0, 0.1) is 6.92 Å². The minimum Gasteiger partial charge on any atom is -0.325 e. The topological polar surface area (TPSA) is 66.5 Å². The zero-order valence-corrected chi connectivity index (χ0v) is 15.5. The number of benzene rings is 3. The summed E-state index contributed by atoms with van der Waals surface area (Å²) < 4.78 is 26.2. The first-order chi connectivity index (χ1) is 12.4. The van der Waals surface area contributed by atoms with Gasteiger partial charge in [-0.15, -0.1) is 0 Å². The molecular formula is C20H20N2O3S. The van der Waals surface area contributed by atoms with Crippen LogP contribution in [0.5, 0.6) is 0 Å². The molecule has 0 unspecified atom stereocenters. The smallest absolute Gasteiger partial charge is 0.243 e. The predicted molar refractivity (Wildman–Crippen MR) is 104 cm³/mol. The lowest BCUT2D eigenvalue weighted by molar-refractivity contribution is -0.116. The van der Waals surface area contributed by atoms with Gasteiger partial charge in [-0.25, -0.2) is 8.42 Å². The van der Waals surface area contributed by atoms with Crippen molar-refractivity contribution < 1.29 is 13.2 Å². The molecule has 0 fully saturated rings. The number of carbonyl (C=O) groups excluding carboxylic acids is 1. The van der Waals surface area contributed by atoms with Crippen LogP contribution >= 0.6 is 0 Å². The number of anilines is 1. The molecule has 0 aliphatic rings.